The van der Waals surface area contributed by atoms with E-state index in [1.165, 1.54) is 12.8 Å². The highest BCUT2D eigenvalue weighted by Gasteiger charge is 2.22. The van der Waals surface area contributed by atoms with E-state index in [4.69, 9.17) is 14.9 Å². The van der Waals surface area contributed by atoms with Gasteiger partial charge in [-0.1, -0.05) is 0 Å². The SMILES string of the molecule is Nc1ccc2nc(S(=O)COCC3CC3)oc2c1. The van der Waals surface area contributed by atoms with E-state index < -0.39 is 10.8 Å². The number of ether oxygens (including phenoxy) is 1. The number of nitrogens with two attached hydrogens (primary N) is 1. The molecule has 1 unspecified atom stereocenters. The van der Waals surface area contributed by atoms with Gasteiger partial charge in [0.1, 0.15) is 22.3 Å². The zero-order valence-corrected chi connectivity index (χ0v) is 10.6. The second-order valence-corrected chi connectivity index (χ2v) is 5.76. The molecule has 18 heavy (non-hydrogen) atoms. The molecule has 96 valence electrons. The van der Waals surface area contributed by atoms with Crippen molar-refractivity contribution >= 4 is 27.6 Å². The van der Waals surface area contributed by atoms with Crippen LogP contribution in [0.5, 0.6) is 0 Å². The minimum atomic E-state index is -1.35. The maximum atomic E-state index is 11.9. The fraction of sp³-hybridized carbons (Fsp3) is 0.417. The smallest absolute Gasteiger partial charge is 0.290 e. The molecule has 1 aromatic carbocycles. The van der Waals surface area contributed by atoms with Gasteiger partial charge in [-0.2, -0.15) is 0 Å². The van der Waals surface area contributed by atoms with E-state index in [0.717, 1.165) is 0 Å². The van der Waals surface area contributed by atoms with Crippen molar-refractivity contribution in [3.8, 4) is 0 Å². The second kappa shape index (κ2) is 4.70. The Morgan fingerprint density at radius 3 is 3.11 bits per heavy atom. The van der Waals surface area contributed by atoms with Gasteiger partial charge in [-0.3, -0.25) is 0 Å². The number of nitrogens with zero attached hydrogens (tertiary/aromatic N) is 1. The maximum Gasteiger partial charge on any atom is 0.290 e. The molecule has 6 heteroatoms. The number of oxazole rings is 1. The van der Waals surface area contributed by atoms with Gasteiger partial charge in [-0.25, -0.2) is 9.19 Å². The topological polar surface area (TPSA) is 78.3 Å². The lowest BCUT2D eigenvalue weighted by atomic mass is 10.3. The van der Waals surface area contributed by atoms with E-state index in [1.807, 2.05) is 0 Å². The normalized spacial score (nSPS) is 17.1. The lowest BCUT2D eigenvalue weighted by Gasteiger charge is -1.99. The molecule has 2 N–H and O–H groups in total. The molecule has 1 aliphatic carbocycles. The van der Waals surface area contributed by atoms with E-state index in [9.17, 15) is 4.21 Å². The number of nitrogen functional groups attached to an aromatic ring is 1. The van der Waals surface area contributed by atoms with Crippen LogP contribution in [0.4, 0.5) is 5.69 Å². The van der Waals surface area contributed by atoms with Crippen LogP contribution in [0.3, 0.4) is 0 Å². The van der Waals surface area contributed by atoms with Crippen molar-refractivity contribution in [3.05, 3.63) is 18.2 Å². The fourth-order valence-electron chi connectivity index (χ4n) is 1.64. The third-order valence-electron chi connectivity index (χ3n) is 2.83. The molecule has 5 nitrogen and oxygen atoms in total. The van der Waals surface area contributed by atoms with Crippen molar-refractivity contribution in [1.29, 1.82) is 0 Å². The van der Waals surface area contributed by atoms with Crippen molar-refractivity contribution in [2.75, 3.05) is 18.3 Å². The number of benzene rings is 1. The molecule has 3 rings (SSSR count). The molecule has 1 atom stereocenters. The summed E-state index contributed by atoms with van der Waals surface area (Å²) in [6.45, 7) is 0.679. The van der Waals surface area contributed by atoms with Gasteiger partial charge in [0.25, 0.3) is 5.22 Å². The average molecular weight is 266 g/mol. The van der Waals surface area contributed by atoms with Crippen LogP contribution in [-0.4, -0.2) is 21.7 Å². The quantitative estimate of drug-likeness (QED) is 0.836. The van der Waals surface area contributed by atoms with Crippen LogP contribution in [0.25, 0.3) is 11.1 Å². The highest BCUT2D eigenvalue weighted by Crippen LogP contribution is 2.29. The van der Waals surface area contributed by atoms with Crippen LogP contribution in [0.15, 0.2) is 27.8 Å². The highest BCUT2D eigenvalue weighted by molar-refractivity contribution is 7.84. The molecule has 0 bridgehead atoms. The van der Waals surface area contributed by atoms with Crippen LogP contribution >= 0.6 is 0 Å². The number of anilines is 1. The number of aromatic nitrogens is 1. The van der Waals surface area contributed by atoms with Gasteiger partial charge in [0, 0.05) is 11.8 Å². The summed E-state index contributed by atoms with van der Waals surface area (Å²) in [6, 6.07) is 5.16. The molecular weight excluding hydrogens is 252 g/mol. The van der Waals surface area contributed by atoms with E-state index in [0.29, 0.717) is 29.3 Å². The first-order chi connectivity index (χ1) is 8.72. The van der Waals surface area contributed by atoms with E-state index in [-0.39, 0.29) is 11.2 Å². The predicted molar refractivity (Wildman–Crippen MR) is 68.4 cm³/mol. The molecule has 1 fully saturated rings. The summed E-state index contributed by atoms with van der Waals surface area (Å²) in [6.07, 6.45) is 2.43. The summed E-state index contributed by atoms with van der Waals surface area (Å²) in [7, 11) is -1.35. The largest absolute Gasteiger partial charge is 0.429 e. The third-order valence-corrected chi connectivity index (χ3v) is 3.77. The van der Waals surface area contributed by atoms with Gasteiger partial charge >= 0.3 is 0 Å². The molecule has 1 saturated carbocycles. The van der Waals surface area contributed by atoms with Gasteiger partial charge in [0.05, 0.1) is 6.61 Å². The summed E-state index contributed by atoms with van der Waals surface area (Å²) >= 11 is 0. The Hall–Kier alpha value is -1.40. The fourth-order valence-corrected chi connectivity index (χ4v) is 2.37. The lowest BCUT2D eigenvalue weighted by Crippen LogP contribution is -2.05. The van der Waals surface area contributed by atoms with Crippen molar-refractivity contribution in [2.45, 2.75) is 18.1 Å². The van der Waals surface area contributed by atoms with Gasteiger partial charge in [0.15, 0.2) is 5.58 Å². The maximum absolute atomic E-state index is 11.9. The number of fused-ring (bicyclic) bond motifs is 1. The van der Waals surface area contributed by atoms with Gasteiger partial charge < -0.3 is 14.9 Å². The molecule has 0 saturated heterocycles. The highest BCUT2D eigenvalue weighted by atomic mass is 32.2. The molecule has 0 aliphatic heterocycles. The van der Waals surface area contributed by atoms with Crippen LogP contribution < -0.4 is 5.73 Å². The predicted octanol–water partition coefficient (Wildman–Crippen LogP) is 1.90. The minimum absolute atomic E-state index is 0.138. The molecule has 1 aromatic heterocycles. The van der Waals surface area contributed by atoms with Crippen LogP contribution in [0.1, 0.15) is 12.8 Å². The molecule has 0 radical (unpaired) electrons. The van der Waals surface area contributed by atoms with Gasteiger partial charge in [-0.15, -0.1) is 0 Å². The van der Waals surface area contributed by atoms with E-state index in [1.54, 1.807) is 18.2 Å². The molecule has 1 aliphatic rings. The first-order valence-corrected chi connectivity index (χ1v) is 7.16. The average Bonchev–Trinajstić information content (AvgIpc) is 3.06. The first kappa shape index (κ1) is 11.7. The van der Waals surface area contributed by atoms with Gasteiger partial charge in [-0.05, 0) is 30.9 Å². The summed E-state index contributed by atoms with van der Waals surface area (Å²) in [4.78, 5) is 4.16. The molecular formula is C12H14N2O3S. The van der Waals surface area contributed by atoms with Crippen LogP contribution in [0, 0.1) is 5.92 Å². The minimum Gasteiger partial charge on any atom is -0.429 e. The standard InChI is InChI=1S/C12H14N2O3S/c13-9-3-4-10-11(5-9)17-12(14-10)18(15)7-16-6-8-1-2-8/h3-5,8H,1-2,6-7,13H2. The summed E-state index contributed by atoms with van der Waals surface area (Å²) < 4.78 is 22.7. The van der Waals surface area contributed by atoms with E-state index >= 15 is 0 Å². The summed E-state index contributed by atoms with van der Waals surface area (Å²) in [5, 5.41) is 0.200. The van der Waals surface area contributed by atoms with Gasteiger partial charge in [0.2, 0.25) is 0 Å². The number of hydrogen-bond donors (Lipinski definition) is 1. The van der Waals surface area contributed by atoms with Crippen molar-refractivity contribution in [2.24, 2.45) is 5.92 Å². The monoisotopic (exact) mass is 266 g/mol. The molecule has 1 heterocycles. The Labute approximate surface area is 107 Å². The Bertz CT molecular complexity index is 592. The number of hydrogen-bond acceptors (Lipinski definition) is 5. The van der Waals surface area contributed by atoms with Crippen molar-refractivity contribution in [1.82, 2.24) is 4.98 Å². The first-order valence-electron chi connectivity index (χ1n) is 5.84. The third kappa shape index (κ3) is 2.54. The lowest BCUT2D eigenvalue weighted by molar-refractivity contribution is 0.167. The zero-order chi connectivity index (χ0) is 12.5. The van der Waals surface area contributed by atoms with Crippen LogP contribution in [0.2, 0.25) is 0 Å². The van der Waals surface area contributed by atoms with Crippen molar-refractivity contribution in [3.63, 3.8) is 0 Å². The molecule has 2 aromatic rings. The Balaban J connectivity index is 1.70. The Kier molecular flexibility index (Phi) is 3.05. The summed E-state index contributed by atoms with van der Waals surface area (Å²) in [5.74, 6) is 0.796. The van der Waals surface area contributed by atoms with Crippen LogP contribution in [-0.2, 0) is 15.5 Å². The Morgan fingerprint density at radius 1 is 1.50 bits per heavy atom. The molecule has 0 amide bonds. The zero-order valence-electron chi connectivity index (χ0n) is 9.80. The Morgan fingerprint density at radius 2 is 2.33 bits per heavy atom. The molecule has 0 spiro atoms. The second-order valence-electron chi connectivity index (χ2n) is 4.48. The van der Waals surface area contributed by atoms with Crippen molar-refractivity contribution < 1.29 is 13.4 Å². The summed E-state index contributed by atoms with van der Waals surface area (Å²) in [5.41, 5.74) is 7.46. The number of rotatable bonds is 5. The van der Waals surface area contributed by atoms with E-state index in [2.05, 4.69) is 4.98 Å².